The van der Waals surface area contributed by atoms with Gasteiger partial charge in [0.05, 0.1) is 4.90 Å². The fraction of sp³-hybridized carbons (Fsp3) is 0.333. The van der Waals surface area contributed by atoms with Crippen molar-refractivity contribution >= 4 is 27.0 Å². The predicted octanol–water partition coefficient (Wildman–Crippen LogP) is 3.36. The van der Waals surface area contributed by atoms with Gasteiger partial charge in [0.1, 0.15) is 0 Å². The molecule has 0 atom stereocenters. The summed E-state index contributed by atoms with van der Waals surface area (Å²) in [7, 11) is -3.52. The average Bonchev–Trinajstić information content (AvgIpc) is 2.85. The van der Waals surface area contributed by atoms with Crippen LogP contribution >= 0.6 is 11.3 Å². The lowest BCUT2D eigenvalue weighted by Crippen LogP contribution is -2.21. The molecule has 0 spiro atoms. The van der Waals surface area contributed by atoms with Crippen molar-refractivity contribution in [3.05, 3.63) is 46.2 Å². The standard InChI is InChI=1S/C15H20N2O2S2/c1-11(2)16-9-14-8-15(10-20-14)21(18,19)17-13-6-4-5-12(3)7-13/h4-8,10-11,16-17H,9H2,1-3H3. The summed E-state index contributed by atoms with van der Waals surface area (Å²) in [6, 6.07) is 9.41. The van der Waals surface area contributed by atoms with E-state index in [9.17, 15) is 8.42 Å². The van der Waals surface area contributed by atoms with E-state index in [0.717, 1.165) is 10.4 Å². The second kappa shape index (κ2) is 6.60. The summed E-state index contributed by atoms with van der Waals surface area (Å²) in [5.74, 6) is 0. The molecule has 0 amide bonds. The Labute approximate surface area is 130 Å². The molecule has 0 saturated carbocycles. The van der Waals surface area contributed by atoms with Crippen LogP contribution in [0.3, 0.4) is 0 Å². The number of thiophene rings is 1. The van der Waals surface area contributed by atoms with Crippen LogP contribution < -0.4 is 10.0 Å². The van der Waals surface area contributed by atoms with Gasteiger partial charge in [0, 0.05) is 28.5 Å². The van der Waals surface area contributed by atoms with Crippen molar-refractivity contribution in [1.29, 1.82) is 0 Å². The molecule has 2 N–H and O–H groups in total. The van der Waals surface area contributed by atoms with Crippen LogP contribution in [0.4, 0.5) is 5.69 Å². The largest absolute Gasteiger partial charge is 0.310 e. The summed E-state index contributed by atoms with van der Waals surface area (Å²) in [5, 5.41) is 4.95. The second-order valence-electron chi connectivity index (χ2n) is 5.26. The Kier molecular flexibility index (Phi) is 5.03. The first-order chi connectivity index (χ1) is 9.87. The lowest BCUT2D eigenvalue weighted by atomic mass is 10.2. The fourth-order valence-electron chi connectivity index (χ4n) is 1.82. The van der Waals surface area contributed by atoms with Gasteiger partial charge < -0.3 is 5.32 Å². The molecule has 2 aromatic rings. The van der Waals surface area contributed by atoms with E-state index >= 15 is 0 Å². The maximum Gasteiger partial charge on any atom is 0.262 e. The normalized spacial score (nSPS) is 11.8. The first-order valence-electron chi connectivity index (χ1n) is 6.77. The van der Waals surface area contributed by atoms with Gasteiger partial charge in [-0.25, -0.2) is 8.42 Å². The maximum atomic E-state index is 12.3. The number of hydrogen-bond acceptors (Lipinski definition) is 4. The third-order valence-corrected chi connectivity index (χ3v) is 5.34. The summed E-state index contributed by atoms with van der Waals surface area (Å²) in [6.45, 7) is 6.73. The first kappa shape index (κ1) is 16.0. The highest BCUT2D eigenvalue weighted by Gasteiger charge is 2.16. The van der Waals surface area contributed by atoms with Gasteiger partial charge >= 0.3 is 0 Å². The summed E-state index contributed by atoms with van der Waals surface area (Å²) in [5.41, 5.74) is 1.60. The quantitative estimate of drug-likeness (QED) is 0.856. The van der Waals surface area contributed by atoms with Crippen molar-refractivity contribution in [3.8, 4) is 0 Å². The van der Waals surface area contributed by atoms with Crippen molar-refractivity contribution in [2.24, 2.45) is 0 Å². The van der Waals surface area contributed by atoms with E-state index in [1.165, 1.54) is 11.3 Å². The zero-order chi connectivity index (χ0) is 15.5. The number of benzene rings is 1. The first-order valence-corrected chi connectivity index (χ1v) is 9.13. The van der Waals surface area contributed by atoms with Crippen LogP contribution in [0.15, 0.2) is 40.6 Å². The van der Waals surface area contributed by atoms with Crippen LogP contribution in [0.25, 0.3) is 0 Å². The van der Waals surface area contributed by atoms with Crippen LogP contribution in [-0.4, -0.2) is 14.5 Å². The van der Waals surface area contributed by atoms with E-state index in [-0.39, 0.29) is 0 Å². The zero-order valence-corrected chi connectivity index (χ0v) is 14.0. The molecule has 1 aromatic carbocycles. The molecule has 0 saturated heterocycles. The molecule has 0 aliphatic carbocycles. The Morgan fingerprint density at radius 1 is 1.24 bits per heavy atom. The average molecular weight is 324 g/mol. The molecule has 2 rings (SSSR count). The van der Waals surface area contributed by atoms with Gasteiger partial charge in [0.25, 0.3) is 10.0 Å². The van der Waals surface area contributed by atoms with Crippen LogP contribution in [0.2, 0.25) is 0 Å². The molecular weight excluding hydrogens is 304 g/mol. The van der Waals surface area contributed by atoms with E-state index in [2.05, 4.69) is 23.9 Å². The van der Waals surface area contributed by atoms with E-state index in [1.807, 2.05) is 25.1 Å². The number of hydrogen-bond donors (Lipinski definition) is 2. The molecule has 0 radical (unpaired) electrons. The Bertz CT molecular complexity index is 706. The number of sulfonamides is 1. The summed E-state index contributed by atoms with van der Waals surface area (Å²) in [4.78, 5) is 1.32. The highest BCUT2D eigenvalue weighted by Crippen LogP contribution is 2.22. The SMILES string of the molecule is Cc1cccc(NS(=O)(=O)c2csc(CNC(C)C)c2)c1. The molecule has 0 aliphatic heterocycles. The van der Waals surface area contributed by atoms with E-state index in [1.54, 1.807) is 17.5 Å². The lowest BCUT2D eigenvalue weighted by Gasteiger charge is -2.07. The Hall–Kier alpha value is -1.37. The predicted molar refractivity (Wildman–Crippen MR) is 88.3 cm³/mol. The van der Waals surface area contributed by atoms with Crippen LogP contribution in [0.5, 0.6) is 0 Å². The minimum absolute atomic E-state index is 0.314. The molecule has 6 heteroatoms. The lowest BCUT2D eigenvalue weighted by molar-refractivity contribution is 0.592. The third-order valence-electron chi connectivity index (χ3n) is 2.89. The van der Waals surface area contributed by atoms with E-state index in [4.69, 9.17) is 0 Å². The number of nitrogens with one attached hydrogen (secondary N) is 2. The summed E-state index contributed by atoms with van der Waals surface area (Å²) >= 11 is 1.45. The van der Waals surface area contributed by atoms with Gasteiger partial charge in [0.2, 0.25) is 0 Å². The van der Waals surface area contributed by atoms with Gasteiger partial charge in [0.15, 0.2) is 0 Å². The van der Waals surface area contributed by atoms with Crippen molar-refractivity contribution in [2.45, 2.75) is 38.3 Å². The number of aryl methyl sites for hydroxylation is 1. The van der Waals surface area contributed by atoms with Crippen molar-refractivity contribution in [1.82, 2.24) is 5.32 Å². The minimum atomic E-state index is -3.52. The fourth-order valence-corrected chi connectivity index (χ4v) is 4.10. The molecule has 1 heterocycles. The molecule has 0 aliphatic rings. The molecule has 1 aromatic heterocycles. The smallest absolute Gasteiger partial charge is 0.262 e. The topological polar surface area (TPSA) is 58.2 Å². The Morgan fingerprint density at radius 2 is 2.00 bits per heavy atom. The molecule has 21 heavy (non-hydrogen) atoms. The number of rotatable bonds is 6. The number of anilines is 1. The zero-order valence-electron chi connectivity index (χ0n) is 12.4. The summed E-state index contributed by atoms with van der Waals surface area (Å²) < 4.78 is 27.3. The van der Waals surface area contributed by atoms with Crippen molar-refractivity contribution < 1.29 is 8.42 Å². The van der Waals surface area contributed by atoms with Gasteiger partial charge in [-0.15, -0.1) is 11.3 Å². The molecule has 0 bridgehead atoms. The molecular formula is C15H20N2O2S2. The Morgan fingerprint density at radius 3 is 2.67 bits per heavy atom. The van der Waals surface area contributed by atoms with E-state index < -0.39 is 10.0 Å². The van der Waals surface area contributed by atoms with Crippen LogP contribution in [0, 0.1) is 6.92 Å². The van der Waals surface area contributed by atoms with Crippen LogP contribution in [0.1, 0.15) is 24.3 Å². The third kappa shape index (κ3) is 4.56. The van der Waals surface area contributed by atoms with Gasteiger partial charge in [-0.2, -0.15) is 0 Å². The Balaban J connectivity index is 2.12. The van der Waals surface area contributed by atoms with Gasteiger partial charge in [-0.1, -0.05) is 26.0 Å². The maximum absolute atomic E-state index is 12.3. The highest BCUT2D eigenvalue weighted by molar-refractivity contribution is 7.92. The molecule has 4 nitrogen and oxygen atoms in total. The van der Waals surface area contributed by atoms with Crippen molar-refractivity contribution in [2.75, 3.05) is 4.72 Å². The second-order valence-corrected chi connectivity index (χ2v) is 7.94. The highest BCUT2D eigenvalue weighted by atomic mass is 32.2. The molecule has 0 unspecified atom stereocenters. The van der Waals surface area contributed by atoms with E-state index in [0.29, 0.717) is 23.2 Å². The van der Waals surface area contributed by atoms with Gasteiger partial charge in [-0.05, 0) is 30.7 Å². The van der Waals surface area contributed by atoms with Crippen LogP contribution in [-0.2, 0) is 16.6 Å². The monoisotopic (exact) mass is 324 g/mol. The molecule has 114 valence electrons. The van der Waals surface area contributed by atoms with Gasteiger partial charge in [-0.3, -0.25) is 4.72 Å². The summed E-state index contributed by atoms with van der Waals surface area (Å²) in [6.07, 6.45) is 0. The van der Waals surface area contributed by atoms with Crippen molar-refractivity contribution in [3.63, 3.8) is 0 Å². The minimum Gasteiger partial charge on any atom is -0.310 e. The molecule has 0 fully saturated rings.